The number of anilines is 2. The predicted molar refractivity (Wildman–Crippen MR) is 79.7 cm³/mol. The van der Waals surface area contributed by atoms with Crippen LogP contribution in [-0.4, -0.2) is 31.0 Å². The van der Waals surface area contributed by atoms with Crippen molar-refractivity contribution >= 4 is 28.9 Å². The minimum Gasteiger partial charge on any atom is -0.373 e. The number of hydrogen-bond acceptors (Lipinski definition) is 3. The molecule has 3 rings (SSSR count). The number of halogens is 1. The first kappa shape index (κ1) is 12.1. The third-order valence-corrected chi connectivity index (χ3v) is 3.44. The second-order valence-electron chi connectivity index (χ2n) is 4.35. The number of benzene rings is 1. The number of benzodiazepines with no additional fused rings is 1. The van der Waals surface area contributed by atoms with Crippen molar-refractivity contribution in [3.05, 3.63) is 47.1 Å². The van der Waals surface area contributed by atoms with E-state index in [2.05, 4.69) is 26.3 Å². The van der Waals surface area contributed by atoms with Crippen LogP contribution in [0.1, 0.15) is 5.56 Å². The van der Waals surface area contributed by atoms with Gasteiger partial charge >= 0.3 is 0 Å². The highest BCUT2D eigenvalue weighted by molar-refractivity contribution is 6.31. The predicted octanol–water partition coefficient (Wildman–Crippen LogP) is 2.79. The number of amidine groups is 1. The van der Waals surface area contributed by atoms with Gasteiger partial charge in [-0.3, -0.25) is 4.99 Å². The number of H-pyrrole nitrogens is 1. The van der Waals surface area contributed by atoms with Crippen LogP contribution >= 0.6 is 11.6 Å². The second kappa shape index (κ2) is 4.97. The summed E-state index contributed by atoms with van der Waals surface area (Å²) in [7, 11) is 1.88. The Morgan fingerprint density at radius 3 is 3.00 bits per heavy atom. The molecular weight excluding hydrogens is 260 g/mol. The summed E-state index contributed by atoms with van der Waals surface area (Å²) < 4.78 is 0. The highest BCUT2D eigenvalue weighted by Gasteiger charge is 2.19. The molecule has 0 fully saturated rings. The smallest absolute Gasteiger partial charge is 0.130 e. The van der Waals surface area contributed by atoms with Gasteiger partial charge in [0.1, 0.15) is 11.7 Å². The van der Waals surface area contributed by atoms with E-state index in [0.717, 1.165) is 41.0 Å². The summed E-state index contributed by atoms with van der Waals surface area (Å²) in [5.41, 5.74) is 2.14. The number of aromatic nitrogens is 1. The van der Waals surface area contributed by atoms with Crippen LogP contribution in [0.4, 0.5) is 11.5 Å². The molecule has 0 saturated carbocycles. The van der Waals surface area contributed by atoms with Gasteiger partial charge in [0.05, 0.1) is 12.2 Å². The first-order valence-corrected chi connectivity index (χ1v) is 6.60. The standard InChI is InChI=1S/C14H15ClN4/c1-16-14-11-9-10(15)4-5-12(11)19(8-7-18-14)13-3-2-6-17-13/h2-6,9,17H,7-8H2,1H3,(H,16,18). The molecule has 19 heavy (non-hydrogen) atoms. The Bertz CT molecular complexity index is 604. The van der Waals surface area contributed by atoms with Crippen LogP contribution in [0.3, 0.4) is 0 Å². The highest BCUT2D eigenvalue weighted by atomic mass is 35.5. The van der Waals surface area contributed by atoms with E-state index in [9.17, 15) is 0 Å². The molecule has 1 aromatic heterocycles. The van der Waals surface area contributed by atoms with Gasteiger partial charge in [0.2, 0.25) is 0 Å². The lowest BCUT2D eigenvalue weighted by molar-refractivity contribution is 0.917. The van der Waals surface area contributed by atoms with Crippen LogP contribution < -0.4 is 10.2 Å². The monoisotopic (exact) mass is 274 g/mol. The van der Waals surface area contributed by atoms with Crippen LogP contribution in [0.5, 0.6) is 0 Å². The third-order valence-electron chi connectivity index (χ3n) is 3.21. The van der Waals surface area contributed by atoms with Gasteiger partial charge in [0.25, 0.3) is 0 Å². The zero-order chi connectivity index (χ0) is 13.2. The number of nitrogens with zero attached hydrogens (tertiary/aromatic N) is 2. The van der Waals surface area contributed by atoms with Gasteiger partial charge in [-0.15, -0.1) is 0 Å². The normalized spacial score (nSPS) is 14.6. The molecule has 0 radical (unpaired) electrons. The van der Waals surface area contributed by atoms with Crippen molar-refractivity contribution in [1.82, 2.24) is 10.3 Å². The first-order valence-electron chi connectivity index (χ1n) is 6.22. The Hall–Kier alpha value is -1.94. The molecule has 98 valence electrons. The molecule has 1 aliphatic rings. The lowest BCUT2D eigenvalue weighted by Gasteiger charge is -2.23. The highest BCUT2D eigenvalue weighted by Crippen LogP contribution is 2.31. The van der Waals surface area contributed by atoms with Crippen molar-refractivity contribution in [1.29, 1.82) is 0 Å². The van der Waals surface area contributed by atoms with Crippen LogP contribution in [0.25, 0.3) is 0 Å². The lowest BCUT2D eigenvalue weighted by Crippen LogP contribution is -2.22. The number of rotatable bonds is 1. The van der Waals surface area contributed by atoms with Crippen LogP contribution in [0.15, 0.2) is 41.5 Å². The summed E-state index contributed by atoms with van der Waals surface area (Å²) in [5.74, 6) is 1.95. The average molecular weight is 275 g/mol. The van der Waals surface area contributed by atoms with Crippen molar-refractivity contribution < 1.29 is 0 Å². The van der Waals surface area contributed by atoms with E-state index in [0.29, 0.717) is 0 Å². The van der Waals surface area contributed by atoms with E-state index >= 15 is 0 Å². The SMILES string of the molecule is CNC1=NCCN(c2ccc[nH]2)c2ccc(Cl)cc21. The Morgan fingerprint density at radius 1 is 1.37 bits per heavy atom. The molecular formula is C14H15ClN4. The fourth-order valence-electron chi connectivity index (χ4n) is 2.35. The summed E-state index contributed by atoms with van der Waals surface area (Å²) in [6, 6.07) is 9.96. The van der Waals surface area contributed by atoms with Crippen LogP contribution in [-0.2, 0) is 0 Å². The Kier molecular flexibility index (Phi) is 3.17. The van der Waals surface area contributed by atoms with Gasteiger partial charge in [-0.25, -0.2) is 0 Å². The summed E-state index contributed by atoms with van der Waals surface area (Å²) in [6.07, 6.45) is 1.93. The third kappa shape index (κ3) is 2.19. The Morgan fingerprint density at radius 2 is 2.26 bits per heavy atom. The number of aromatic amines is 1. The molecule has 2 aromatic rings. The molecule has 4 nitrogen and oxygen atoms in total. The fourth-order valence-corrected chi connectivity index (χ4v) is 2.53. The minimum absolute atomic E-state index is 0.718. The van der Waals surface area contributed by atoms with Gasteiger partial charge in [-0.2, -0.15) is 0 Å². The summed E-state index contributed by atoms with van der Waals surface area (Å²) >= 11 is 6.12. The zero-order valence-corrected chi connectivity index (χ0v) is 11.4. The van der Waals surface area contributed by atoms with Crippen molar-refractivity contribution in [3.63, 3.8) is 0 Å². The van der Waals surface area contributed by atoms with Gasteiger partial charge in [0, 0.05) is 30.4 Å². The first-order chi connectivity index (χ1) is 9.29. The fraction of sp³-hybridized carbons (Fsp3) is 0.214. The molecule has 2 heterocycles. The molecule has 1 aromatic carbocycles. The van der Waals surface area contributed by atoms with Crippen LogP contribution in [0.2, 0.25) is 5.02 Å². The zero-order valence-electron chi connectivity index (χ0n) is 10.7. The second-order valence-corrected chi connectivity index (χ2v) is 4.79. The van der Waals surface area contributed by atoms with Gasteiger partial charge < -0.3 is 15.2 Å². The van der Waals surface area contributed by atoms with Gasteiger partial charge in [0.15, 0.2) is 0 Å². The Balaban J connectivity index is 2.14. The van der Waals surface area contributed by atoms with E-state index in [4.69, 9.17) is 11.6 Å². The van der Waals surface area contributed by atoms with Gasteiger partial charge in [-0.1, -0.05) is 11.6 Å². The van der Waals surface area contributed by atoms with E-state index < -0.39 is 0 Å². The topological polar surface area (TPSA) is 43.4 Å². The molecule has 1 aliphatic heterocycles. The van der Waals surface area contributed by atoms with E-state index in [1.54, 1.807) is 0 Å². The average Bonchev–Trinajstić information content (AvgIpc) is 2.88. The quantitative estimate of drug-likeness (QED) is 0.840. The van der Waals surface area contributed by atoms with E-state index in [1.807, 2.05) is 37.5 Å². The summed E-state index contributed by atoms with van der Waals surface area (Å²) in [6.45, 7) is 1.57. The summed E-state index contributed by atoms with van der Waals surface area (Å²) in [4.78, 5) is 10.0. The molecule has 0 atom stereocenters. The maximum atomic E-state index is 6.12. The molecule has 5 heteroatoms. The summed E-state index contributed by atoms with van der Waals surface area (Å²) in [5, 5.41) is 3.87. The minimum atomic E-state index is 0.718. The van der Waals surface area contributed by atoms with Crippen LogP contribution in [0, 0.1) is 0 Å². The number of nitrogens with one attached hydrogen (secondary N) is 2. The number of hydrogen-bond donors (Lipinski definition) is 2. The number of aliphatic imine (C=N–C) groups is 1. The maximum Gasteiger partial charge on any atom is 0.130 e. The lowest BCUT2D eigenvalue weighted by atomic mass is 10.1. The largest absolute Gasteiger partial charge is 0.373 e. The van der Waals surface area contributed by atoms with Crippen molar-refractivity contribution in [3.8, 4) is 0 Å². The molecule has 0 spiro atoms. The molecule has 2 N–H and O–H groups in total. The molecule has 0 bridgehead atoms. The number of fused-ring (bicyclic) bond motifs is 1. The molecule has 0 amide bonds. The molecule has 0 unspecified atom stereocenters. The maximum absolute atomic E-state index is 6.12. The Labute approximate surface area is 117 Å². The molecule has 0 saturated heterocycles. The van der Waals surface area contributed by atoms with E-state index in [-0.39, 0.29) is 0 Å². The van der Waals surface area contributed by atoms with Gasteiger partial charge in [-0.05, 0) is 30.3 Å². The van der Waals surface area contributed by atoms with Crippen molar-refractivity contribution in [2.75, 3.05) is 25.0 Å². The van der Waals surface area contributed by atoms with E-state index in [1.165, 1.54) is 0 Å². The van der Waals surface area contributed by atoms with Crippen molar-refractivity contribution in [2.45, 2.75) is 0 Å². The molecule has 0 aliphatic carbocycles. The van der Waals surface area contributed by atoms with Crippen molar-refractivity contribution in [2.24, 2.45) is 4.99 Å².